The van der Waals surface area contributed by atoms with Crippen LogP contribution in [0.1, 0.15) is 42.4 Å². The van der Waals surface area contributed by atoms with Crippen LogP contribution < -0.4 is 5.32 Å². The van der Waals surface area contributed by atoms with E-state index in [0.29, 0.717) is 0 Å². The van der Waals surface area contributed by atoms with Crippen LogP contribution in [-0.4, -0.2) is 6.54 Å². The third kappa shape index (κ3) is 3.20. The normalized spacial score (nSPS) is 20.1. The van der Waals surface area contributed by atoms with Gasteiger partial charge in [0.1, 0.15) is 11.8 Å². The Bertz CT molecular complexity index is 574. The van der Waals surface area contributed by atoms with E-state index in [4.69, 9.17) is 16.0 Å². The summed E-state index contributed by atoms with van der Waals surface area (Å²) < 4.78 is 6.48. The van der Waals surface area contributed by atoms with Crippen LogP contribution in [0.3, 0.4) is 0 Å². The summed E-state index contributed by atoms with van der Waals surface area (Å²) in [5.41, 5.74) is 0. The predicted octanol–water partition coefficient (Wildman–Crippen LogP) is 5.11. The van der Waals surface area contributed by atoms with Gasteiger partial charge in [0.15, 0.2) is 0 Å². The molecule has 2 aromatic rings. The second-order valence-corrected chi connectivity index (χ2v) is 8.08. The van der Waals surface area contributed by atoms with Crippen LogP contribution in [0.5, 0.6) is 0 Å². The number of halogens is 1. The van der Waals surface area contributed by atoms with E-state index in [2.05, 4.69) is 17.4 Å². The molecule has 0 bridgehead atoms. The molecule has 2 aliphatic rings. The van der Waals surface area contributed by atoms with Gasteiger partial charge in [0.25, 0.3) is 0 Å². The van der Waals surface area contributed by atoms with Crippen molar-refractivity contribution in [1.82, 2.24) is 5.32 Å². The standard InChI is InChI=1S/C17H20ClNOS/c18-16-8-7-15(21-16)17(14-2-1-9-20-14)19-10-13(11-3-4-11)12-5-6-12/h1-2,7-9,11-13,17,19H,3-6,10H2. The van der Waals surface area contributed by atoms with E-state index in [0.717, 1.165) is 34.4 Å². The fourth-order valence-corrected chi connectivity index (χ4v) is 4.45. The molecule has 112 valence electrons. The summed E-state index contributed by atoms with van der Waals surface area (Å²) in [5.74, 6) is 3.78. The SMILES string of the molecule is Clc1ccc(C(NCC(C2CC2)C2CC2)c2ccco2)s1. The number of rotatable bonds is 7. The van der Waals surface area contributed by atoms with E-state index in [1.807, 2.05) is 12.1 Å². The van der Waals surface area contributed by atoms with Gasteiger partial charge in [0.2, 0.25) is 0 Å². The van der Waals surface area contributed by atoms with Crippen molar-refractivity contribution >= 4 is 22.9 Å². The Morgan fingerprint density at radius 3 is 2.48 bits per heavy atom. The Balaban J connectivity index is 1.49. The van der Waals surface area contributed by atoms with Gasteiger partial charge in [0.05, 0.1) is 10.6 Å². The molecule has 2 heterocycles. The Hall–Kier alpha value is -0.770. The number of furan rings is 1. The first-order chi connectivity index (χ1) is 10.3. The second-order valence-electron chi connectivity index (χ2n) is 6.34. The molecule has 1 N–H and O–H groups in total. The average molecular weight is 322 g/mol. The van der Waals surface area contributed by atoms with Crippen LogP contribution >= 0.6 is 22.9 Å². The monoisotopic (exact) mass is 321 g/mol. The lowest BCUT2D eigenvalue weighted by Gasteiger charge is -2.21. The zero-order valence-electron chi connectivity index (χ0n) is 11.9. The zero-order valence-corrected chi connectivity index (χ0v) is 13.5. The van der Waals surface area contributed by atoms with E-state index in [9.17, 15) is 0 Å². The second kappa shape index (κ2) is 5.79. The lowest BCUT2D eigenvalue weighted by atomic mass is 9.97. The van der Waals surface area contributed by atoms with Crippen molar-refractivity contribution in [3.05, 3.63) is 45.5 Å². The quantitative estimate of drug-likeness (QED) is 0.766. The van der Waals surface area contributed by atoms with Crippen molar-refractivity contribution < 1.29 is 4.42 Å². The molecule has 4 rings (SSSR count). The maximum Gasteiger partial charge on any atom is 0.126 e. The van der Waals surface area contributed by atoms with Gasteiger partial charge in [0, 0.05) is 4.88 Å². The first kappa shape index (κ1) is 13.9. The largest absolute Gasteiger partial charge is 0.467 e. The predicted molar refractivity (Wildman–Crippen MR) is 86.8 cm³/mol. The lowest BCUT2D eigenvalue weighted by molar-refractivity contribution is 0.352. The smallest absolute Gasteiger partial charge is 0.126 e. The zero-order chi connectivity index (χ0) is 14.2. The van der Waals surface area contributed by atoms with Crippen molar-refractivity contribution in [2.24, 2.45) is 17.8 Å². The summed E-state index contributed by atoms with van der Waals surface area (Å²) in [6.45, 7) is 1.09. The molecule has 0 aliphatic heterocycles. The van der Waals surface area contributed by atoms with Gasteiger partial charge in [-0.2, -0.15) is 0 Å². The maximum absolute atomic E-state index is 6.11. The highest BCUT2D eigenvalue weighted by atomic mass is 35.5. The number of hydrogen-bond acceptors (Lipinski definition) is 3. The van der Waals surface area contributed by atoms with E-state index in [1.165, 1.54) is 30.6 Å². The lowest BCUT2D eigenvalue weighted by Crippen LogP contribution is -2.29. The Morgan fingerprint density at radius 1 is 1.19 bits per heavy atom. The molecule has 0 aromatic carbocycles. The van der Waals surface area contributed by atoms with Gasteiger partial charge < -0.3 is 9.73 Å². The van der Waals surface area contributed by atoms with Crippen molar-refractivity contribution in [2.75, 3.05) is 6.54 Å². The third-order valence-electron chi connectivity index (χ3n) is 4.72. The number of hydrogen-bond donors (Lipinski definition) is 1. The molecule has 0 saturated heterocycles. The van der Waals surface area contributed by atoms with Crippen molar-refractivity contribution in [3.8, 4) is 0 Å². The molecule has 2 aromatic heterocycles. The molecule has 0 radical (unpaired) electrons. The van der Waals surface area contributed by atoms with E-state index < -0.39 is 0 Å². The van der Waals surface area contributed by atoms with Crippen LogP contribution in [0.2, 0.25) is 4.34 Å². The van der Waals surface area contributed by atoms with Crippen molar-refractivity contribution in [1.29, 1.82) is 0 Å². The minimum atomic E-state index is 0.137. The molecule has 21 heavy (non-hydrogen) atoms. The summed E-state index contributed by atoms with van der Waals surface area (Å²) in [6, 6.07) is 8.22. The molecule has 1 unspecified atom stereocenters. The van der Waals surface area contributed by atoms with Crippen molar-refractivity contribution in [2.45, 2.75) is 31.7 Å². The highest BCUT2D eigenvalue weighted by Crippen LogP contribution is 2.49. The van der Waals surface area contributed by atoms with Crippen LogP contribution in [0, 0.1) is 17.8 Å². The molecular formula is C17H20ClNOS. The van der Waals surface area contributed by atoms with Crippen molar-refractivity contribution in [3.63, 3.8) is 0 Å². The first-order valence-electron chi connectivity index (χ1n) is 7.83. The first-order valence-corrected chi connectivity index (χ1v) is 9.03. The minimum Gasteiger partial charge on any atom is -0.467 e. The molecule has 1 atom stereocenters. The summed E-state index contributed by atoms with van der Waals surface area (Å²) in [5, 5.41) is 3.75. The summed E-state index contributed by atoms with van der Waals surface area (Å²) >= 11 is 7.75. The molecule has 2 aliphatic carbocycles. The third-order valence-corrected chi connectivity index (χ3v) is 6.01. The highest BCUT2D eigenvalue weighted by Gasteiger charge is 2.41. The topological polar surface area (TPSA) is 25.2 Å². The summed E-state index contributed by atoms with van der Waals surface area (Å²) in [6.07, 6.45) is 7.47. The fraction of sp³-hybridized carbons (Fsp3) is 0.529. The van der Waals surface area contributed by atoms with Crippen LogP contribution in [0.15, 0.2) is 34.9 Å². The summed E-state index contributed by atoms with van der Waals surface area (Å²) in [4.78, 5) is 1.24. The Morgan fingerprint density at radius 2 is 1.95 bits per heavy atom. The van der Waals surface area contributed by atoms with Crippen LogP contribution in [0.4, 0.5) is 0 Å². The maximum atomic E-state index is 6.11. The molecule has 4 heteroatoms. The molecular weight excluding hydrogens is 302 g/mol. The number of nitrogens with one attached hydrogen (secondary N) is 1. The molecule has 2 nitrogen and oxygen atoms in total. The van der Waals surface area contributed by atoms with E-state index in [1.54, 1.807) is 17.6 Å². The van der Waals surface area contributed by atoms with Crippen LogP contribution in [0.25, 0.3) is 0 Å². The number of thiophene rings is 1. The molecule has 0 spiro atoms. The van der Waals surface area contributed by atoms with Gasteiger partial charge in [-0.15, -0.1) is 11.3 Å². The van der Waals surface area contributed by atoms with Gasteiger partial charge >= 0.3 is 0 Å². The Labute approximate surface area is 134 Å². The van der Waals surface area contributed by atoms with Gasteiger partial charge in [-0.05, 0) is 74.2 Å². The average Bonchev–Trinajstić information content (AvgIpc) is 3.40. The highest BCUT2D eigenvalue weighted by molar-refractivity contribution is 7.16. The van der Waals surface area contributed by atoms with Crippen LogP contribution in [-0.2, 0) is 0 Å². The van der Waals surface area contributed by atoms with Gasteiger partial charge in [-0.3, -0.25) is 0 Å². The molecule has 2 fully saturated rings. The molecule has 2 saturated carbocycles. The van der Waals surface area contributed by atoms with Gasteiger partial charge in [-0.25, -0.2) is 0 Å². The summed E-state index contributed by atoms with van der Waals surface area (Å²) in [7, 11) is 0. The Kier molecular flexibility index (Phi) is 3.82. The van der Waals surface area contributed by atoms with E-state index >= 15 is 0 Å². The fourth-order valence-electron chi connectivity index (χ4n) is 3.30. The van der Waals surface area contributed by atoms with Gasteiger partial charge in [-0.1, -0.05) is 11.6 Å². The van der Waals surface area contributed by atoms with E-state index in [-0.39, 0.29) is 6.04 Å². The molecule has 0 amide bonds. The minimum absolute atomic E-state index is 0.137.